The predicted molar refractivity (Wildman–Crippen MR) is 132 cm³/mol. The molecule has 8 heteroatoms. The summed E-state index contributed by atoms with van der Waals surface area (Å²) in [7, 11) is 0. The Morgan fingerprint density at radius 1 is 1.24 bits per heavy atom. The Balaban J connectivity index is 1.41. The third-order valence-corrected chi connectivity index (χ3v) is 6.68. The molecule has 0 saturated heterocycles. The summed E-state index contributed by atoms with van der Waals surface area (Å²) in [6.07, 6.45) is 15.1. The Morgan fingerprint density at radius 2 is 2.03 bits per heavy atom. The van der Waals surface area contributed by atoms with Gasteiger partial charge in [0.2, 0.25) is 5.95 Å². The van der Waals surface area contributed by atoms with Crippen LogP contribution in [0.3, 0.4) is 0 Å². The number of nitrogens with zero attached hydrogens (tertiary/aromatic N) is 4. The van der Waals surface area contributed by atoms with Gasteiger partial charge in [-0.05, 0) is 37.5 Å². The molecule has 0 amide bonds. The number of nitrogens with one attached hydrogen (secondary N) is 2. The predicted octanol–water partition coefficient (Wildman–Crippen LogP) is 5.98. The molecule has 4 heterocycles. The molecule has 0 atom stereocenters. The highest BCUT2D eigenvalue weighted by atomic mass is 19.1. The molecule has 0 radical (unpaired) electrons. The number of carbonyl (C=O) groups is 1. The van der Waals surface area contributed by atoms with Gasteiger partial charge in [-0.3, -0.25) is 4.79 Å². The quantitative estimate of drug-likeness (QED) is 0.261. The van der Waals surface area contributed by atoms with Gasteiger partial charge in [-0.2, -0.15) is 10.1 Å². The molecule has 34 heavy (non-hydrogen) atoms. The maximum atomic E-state index is 13.8. The zero-order valence-electron chi connectivity index (χ0n) is 19.8. The van der Waals surface area contributed by atoms with Crippen LogP contribution in [0.1, 0.15) is 69.2 Å². The summed E-state index contributed by atoms with van der Waals surface area (Å²) in [5, 5.41) is 8.21. The third kappa shape index (κ3) is 4.81. The Morgan fingerprint density at radius 3 is 2.79 bits per heavy atom. The van der Waals surface area contributed by atoms with Crippen LogP contribution < -0.4 is 5.32 Å². The summed E-state index contributed by atoms with van der Waals surface area (Å²) in [6, 6.07) is 3.98. The van der Waals surface area contributed by atoms with E-state index >= 15 is 0 Å². The first kappa shape index (κ1) is 22.5. The van der Waals surface area contributed by atoms with Crippen LogP contribution in [0.15, 0.2) is 36.9 Å². The van der Waals surface area contributed by atoms with E-state index in [9.17, 15) is 9.18 Å². The number of H-pyrrole nitrogens is 1. The molecule has 1 fully saturated rings. The molecule has 0 bridgehead atoms. The molecule has 2 N–H and O–H groups in total. The van der Waals surface area contributed by atoms with Gasteiger partial charge in [-0.15, -0.1) is 0 Å². The Kier molecular flexibility index (Phi) is 6.06. The van der Waals surface area contributed by atoms with Crippen LogP contribution in [0.25, 0.3) is 27.7 Å². The number of aromatic nitrogens is 5. The van der Waals surface area contributed by atoms with E-state index in [0.717, 1.165) is 34.9 Å². The van der Waals surface area contributed by atoms with E-state index in [1.54, 1.807) is 16.9 Å². The Hall–Kier alpha value is -3.29. The zero-order chi connectivity index (χ0) is 23.7. The molecule has 5 rings (SSSR count). The van der Waals surface area contributed by atoms with E-state index in [1.165, 1.54) is 39.5 Å². The first-order chi connectivity index (χ1) is 16.4. The molecule has 1 aliphatic carbocycles. The van der Waals surface area contributed by atoms with Gasteiger partial charge in [0.25, 0.3) is 0 Å². The molecule has 1 aliphatic rings. The Bertz CT molecular complexity index is 1310. The fraction of sp³-hybridized carbons (Fsp3) is 0.462. The number of rotatable bonds is 7. The minimum absolute atomic E-state index is 0.127. The fourth-order valence-corrected chi connectivity index (χ4v) is 4.82. The topological polar surface area (TPSA) is 88.0 Å². The number of aromatic amines is 1. The van der Waals surface area contributed by atoms with E-state index < -0.39 is 5.67 Å². The van der Waals surface area contributed by atoms with Crippen LogP contribution in [0, 0.1) is 5.92 Å². The summed E-state index contributed by atoms with van der Waals surface area (Å²) < 4.78 is 15.6. The van der Waals surface area contributed by atoms with E-state index in [-0.39, 0.29) is 12.3 Å². The van der Waals surface area contributed by atoms with Crippen molar-refractivity contribution in [2.75, 3.05) is 11.9 Å². The Labute approximate surface area is 198 Å². The molecule has 7 nitrogen and oxygen atoms in total. The smallest absolute Gasteiger partial charge is 0.224 e. The summed E-state index contributed by atoms with van der Waals surface area (Å²) >= 11 is 0. The molecular formula is C26H31FN6O. The number of ketones is 1. The van der Waals surface area contributed by atoms with E-state index in [2.05, 4.69) is 25.4 Å². The highest BCUT2D eigenvalue weighted by Crippen LogP contribution is 2.31. The summed E-state index contributed by atoms with van der Waals surface area (Å²) in [5.74, 6) is 1.03. The second kappa shape index (κ2) is 9.16. The number of alkyl halides is 1. The summed E-state index contributed by atoms with van der Waals surface area (Å²) in [5.41, 5.74) is 2.71. The molecule has 178 valence electrons. The maximum absolute atomic E-state index is 13.8. The van der Waals surface area contributed by atoms with Crippen molar-refractivity contribution in [1.82, 2.24) is 24.6 Å². The van der Waals surface area contributed by atoms with Gasteiger partial charge < -0.3 is 10.3 Å². The van der Waals surface area contributed by atoms with E-state index in [1.807, 2.05) is 24.5 Å². The lowest BCUT2D eigenvalue weighted by molar-refractivity contribution is 0.0958. The lowest BCUT2D eigenvalue weighted by Crippen LogP contribution is -2.25. The molecule has 0 aliphatic heterocycles. The molecule has 0 unspecified atom stereocenters. The van der Waals surface area contributed by atoms with Gasteiger partial charge in [0.1, 0.15) is 11.3 Å². The molecule has 0 spiro atoms. The van der Waals surface area contributed by atoms with Gasteiger partial charge in [-0.1, -0.05) is 38.5 Å². The van der Waals surface area contributed by atoms with Gasteiger partial charge in [0.15, 0.2) is 5.78 Å². The van der Waals surface area contributed by atoms with Gasteiger partial charge >= 0.3 is 0 Å². The van der Waals surface area contributed by atoms with Crippen molar-refractivity contribution >= 4 is 28.3 Å². The van der Waals surface area contributed by atoms with E-state index in [0.29, 0.717) is 29.5 Å². The lowest BCUT2D eigenvalue weighted by Gasteiger charge is -2.14. The SMILES string of the molecule is CC(C)(F)CNc1ncc2c(-c3ccn4ncc(C(=O)CC5CCCCCC5)c4c3)c[nH]c2n1. The lowest BCUT2D eigenvalue weighted by atomic mass is 9.92. The first-order valence-corrected chi connectivity index (χ1v) is 12.2. The number of hydrogen-bond donors (Lipinski definition) is 2. The van der Waals surface area contributed by atoms with Crippen LogP contribution >= 0.6 is 0 Å². The van der Waals surface area contributed by atoms with Crippen molar-refractivity contribution in [3.63, 3.8) is 0 Å². The van der Waals surface area contributed by atoms with Crippen molar-refractivity contribution in [3.8, 4) is 11.1 Å². The first-order valence-electron chi connectivity index (χ1n) is 12.2. The van der Waals surface area contributed by atoms with Crippen LogP contribution in [-0.4, -0.2) is 42.6 Å². The molecule has 4 aromatic rings. The second-order valence-electron chi connectivity index (χ2n) is 10.0. The largest absolute Gasteiger partial charge is 0.351 e. The monoisotopic (exact) mass is 462 g/mol. The number of fused-ring (bicyclic) bond motifs is 2. The second-order valence-corrected chi connectivity index (χ2v) is 10.0. The van der Waals surface area contributed by atoms with Crippen LogP contribution in [0.2, 0.25) is 0 Å². The average molecular weight is 463 g/mol. The highest BCUT2D eigenvalue weighted by Gasteiger charge is 2.21. The van der Waals surface area contributed by atoms with Gasteiger partial charge in [0.05, 0.1) is 23.8 Å². The third-order valence-electron chi connectivity index (χ3n) is 6.68. The van der Waals surface area contributed by atoms with Crippen molar-refractivity contribution in [2.45, 2.75) is 64.5 Å². The molecule has 4 aromatic heterocycles. The maximum Gasteiger partial charge on any atom is 0.224 e. The van der Waals surface area contributed by atoms with Gasteiger partial charge in [0, 0.05) is 36.0 Å². The standard InChI is InChI=1S/C26H31FN6O/c1-26(2,27)16-30-25-29-14-20-19(13-28-24(20)32-25)18-9-10-33-22(12-18)21(15-31-33)23(34)11-17-7-5-3-4-6-8-17/h9-10,12-15,17H,3-8,11,16H2,1-2H3,(H2,28,29,30,32). The number of carbonyl (C=O) groups excluding carboxylic acids is 1. The minimum atomic E-state index is -1.36. The zero-order valence-corrected chi connectivity index (χ0v) is 19.8. The van der Waals surface area contributed by atoms with Crippen LogP contribution in [0.5, 0.6) is 0 Å². The fourth-order valence-electron chi connectivity index (χ4n) is 4.82. The molecule has 0 aromatic carbocycles. The minimum Gasteiger partial charge on any atom is -0.351 e. The van der Waals surface area contributed by atoms with Crippen molar-refractivity contribution < 1.29 is 9.18 Å². The summed E-state index contributed by atoms with van der Waals surface area (Å²) in [6.45, 7) is 3.14. The summed E-state index contributed by atoms with van der Waals surface area (Å²) in [4.78, 5) is 25.2. The van der Waals surface area contributed by atoms with Crippen LogP contribution in [0.4, 0.5) is 10.3 Å². The van der Waals surface area contributed by atoms with Crippen molar-refractivity contribution in [1.29, 1.82) is 0 Å². The van der Waals surface area contributed by atoms with Crippen molar-refractivity contribution in [3.05, 3.63) is 42.5 Å². The van der Waals surface area contributed by atoms with Crippen molar-refractivity contribution in [2.24, 2.45) is 5.92 Å². The molecule has 1 saturated carbocycles. The van der Waals surface area contributed by atoms with Gasteiger partial charge in [-0.25, -0.2) is 13.9 Å². The van der Waals surface area contributed by atoms with E-state index in [4.69, 9.17) is 0 Å². The number of anilines is 1. The van der Waals surface area contributed by atoms with Crippen LogP contribution in [-0.2, 0) is 0 Å². The highest BCUT2D eigenvalue weighted by molar-refractivity contribution is 6.03. The number of pyridine rings is 1. The number of hydrogen-bond acceptors (Lipinski definition) is 5. The number of halogens is 1. The number of Topliss-reactive ketones (excluding diaryl/α,β-unsaturated/α-hetero) is 1. The average Bonchev–Trinajstić information content (AvgIpc) is 3.33. The molecular weight excluding hydrogens is 431 g/mol. The normalized spacial score (nSPS) is 15.6.